The molecule has 0 fully saturated rings. The first-order valence-corrected chi connectivity index (χ1v) is 5.97. The van der Waals surface area contributed by atoms with Gasteiger partial charge in [0.1, 0.15) is 17.4 Å². The maximum absolute atomic E-state index is 13.4. The third-order valence-electron chi connectivity index (χ3n) is 2.87. The number of carbonyl (C=O) groups is 1. The second kappa shape index (κ2) is 5.83. The van der Waals surface area contributed by atoms with Gasteiger partial charge < -0.3 is 14.8 Å². The molecule has 1 unspecified atom stereocenters. The van der Waals surface area contributed by atoms with E-state index in [-0.39, 0.29) is 23.9 Å². The zero-order valence-electron chi connectivity index (χ0n) is 10.7. The van der Waals surface area contributed by atoms with Crippen molar-refractivity contribution in [1.82, 2.24) is 5.32 Å². The quantitative estimate of drug-likeness (QED) is 0.884. The first kappa shape index (κ1) is 14.2. The number of furan rings is 1. The van der Waals surface area contributed by atoms with E-state index in [1.165, 1.54) is 12.1 Å². The molecule has 0 amide bonds. The Bertz CT molecular complexity index is 625. The van der Waals surface area contributed by atoms with E-state index in [4.69, 9.17) is 9.52 Å². The van der Waals surface area contributed by atoms with Gasteiger partial charge in [-0.2, -0.15) is 0 Å². The maximum atomic E-state index is 13.4. The summed E-state index contributed by atoms with van der Waals surface area (Å²) in [4.78, 5) is 10.7. The van der Waals surface area contributed by atoms with E-state index < -0.39 is 17.6 Å². The van der Waals surface area contributed by atoms with Crippen LogP contribution in [0.2, 0.25) is 0 Å². The predicted molar refractivity (Wildman–Crippen MR) is 67.3 cm³/mol. The molecule has 4 nitrogen and oxygen atoms in total. The summed E-state index contributed by atoms with van der Waals surface area (Å²) in [6, 6.07) is 5.77. The van der Waals surface area contributed by atoms with E-state index in [0.717, 1.165) is 18.2 Å². The van der Waals surface area contributed by atoms with Gasteiger partial charge in [0.2, 0.25) is 5.76 Å². The number of nitrogens with one attached hydrogen (secondary N) is 1. The van der Waals surface area contributed by atoms with Crippen molar-refractivity contribution in [2.45, 2.75) is 19.5 Å². The van der Waals surface area contributed by atoms with Gasteiger partial charge in [0, 0.05) is 12.1 Å². The van der Waals surface area contributed by atoms with Gasteiger partial charge in [0.25, 0.3) is 0 Å². The van der Waals surface area contributed by atoms with Crippen LogP contribution in [0.15, 0.2) is 34.7 Å². The zero-order chi connectivity index (χ0) is 14.7. The number of hydrogen-bond donors (Lipinski definition) is 2. The Morgan fingerprint density at radius 3 is 2.75 bits per heavy atom. The summed E-state index contributed by atoms with van der Waals surface area (Å²) in [5.74, 6) is -1.91. The van der Waals surface area contributed by atoms with Crippen molar-refractivity contribution in [3.8, 4) is 0 Å². The minimum Gasteiger partial charge on any atom is -0.475 e. The van der Waals surface area contributed by atoms with Gasteiger partial charge in [-0.05, 0) is 37.3 Å². The first-order chi connectivity index (χ1) is 9.47. The number of carboxylic acids is 1. The summed E-state index contributed by atoms with van der Waals surface area (Å²) in [6.45, 7) is 1.84. The summed E-state index contributed by atoms with van der Waals surface area (Å²) in [6.07, 6.45) is 0. The molecule has 1 heterocycles. The third kappa shape index (κ3) is 3.21. The molecule has 1 aromatic heterocycles. The van der Waals surface area contributed by atoms with E-state index in [1.54, 1.807) is 6.92 Å². The molecule has 20 heavy (non-hydrogen) atoms. The van der Waals surface area contributed by atoms with Crippen LogP contribution in [-0.4, -0.2) is 11.1 Å². The van der Waals surface area contributed by atoms with Crippen LogP contribution in [0.5, 0.6) is 0 Å². The largest absolute Gasteiger partial charge is 0.475 e. The second-order valence-corrected chi connectivity index (χ2v) is 4.35. The van der Waals surface area contributed by atoms with E-state index >= 15 is 0 Å². The number of hydrogen-bond acceptors (Lipinski definition) is 3. The van der Waals surface area contributed by atoms with Crippen molar-refractivity contribution in [1.29, 1.82) is 0 Å². The molecule has 106 valence electrons. The molecular formula is C14H13F2NO3. The minimum absolute atomic E-state index is 0.105. The molecule has 0 bridgehead atoms. The Morgan fingerprint density at radius 2 is 2.10 bits per heavy atom. The molecule has 0 saturated carbocycles. The summed E-state index contributed by atoms with van der Waals surface area (Å²) in [5, 5.41) is 11.7. The van der Waals surface area contributed by atoms with Gasteiger partial charge >= 0.3 is 5.97 Å². The van der Waals surface area contributed by atoms with Crippen LogP contribution in [-0.2, 0) is 6.54 Å². The van der Waals surface area contributed by atoms with E-state index in [0.29, 0.717) is 5.76 Å². The van der Waals surface area contributed by atoms with Crippen LogP contribution in [0.3, 0.4) is 0 Å². The molecule has 0 aliphatic carbocycles. The molecule has 1 atom stereocenters. The molecule has 6 heteroatoms. The Hall–Kier alpha value is -2.21. The van der Waals surface area contributed by atoms with Gasteiger partial charge in [-0.25, -0.2) is 13.6 Å². The summed E-state index contributed by atoms with van der Waals surface area (Å²) in [5.41, 5.74) is 0.196. The smallest absolute Gasteiger partial charge is 0.371 e. The van der Waals surface area contributed by atoms with Crippen molar-refractivity contribution in [2.75, 3.05) is 0 Å². The van der Waals surface area contributed by atoms with Crippen LogP contribution in [0.25, 0.3) is 0 Å². The lowest BCUT2D eigenvalue weighted by atomic mass is 10.2. The number of halogens is 2. The Labute approximate surface area is 114 Å². The molecule has 0 spiro atoms. The van der Waals surface area contributed by atoms with Crippen molar-refractivity contribution < 1.29 is 23.1 Å². The lowest BCUT2D eigenvalue weighted by molar-refractivity contribution is 0.0659. The minimum atomic E-state index is -1.15. The average molecular weight is 281 g/mol. The SMILES string of the molecule is CC(NCc1cc(F)ccc1F)c1ccc(C(=O)O)o1. The highest BCUT2D eigenvalue weighted by Gasteiger charge is 2.14. The topological polar surface area (TPSA) is 62.5 Å². The van der Waals surface area contributed by atoms with E-state index in [1.807, 2.05) is 0 Å². The van der Waals surface area contributed by atoms with E-state index in [9.17, 15) is 13.6 Å². The third-order valence-corrected chi connectivity index (χ3v) is 2.87. The highest BCUT2D eigenvalue weighted by molar-refractivity contribution is 5.84. The van der Waals surface area contributed by atoms with Gasteiger partial charge in [0.05, 0.1) is 6.04 Å². The van der Waals surface area contributed by atoms with Crippen LogP contribution >= 0.6 is 0 Å². The molecule has 1 aromatic carbocycles. The Balaban J connectivity index is 2.02. The highest BCUT2D eigenvalue weighted by Crippen LogP contribution is 2.17. The highest BCUT2D eigenvalue weighted by atomic mass is 19.1. The molecule has 2 rings (SSSR count). The van der Waals surface area contributed by atoms with E-state index in [2.05, 4.69) is 5.32 Å². The zero-order valence-corrected chi connectivity index (χ0v) is 10.7. The lowest BCUT2D eigenvalue weighted by Crippen LogP contribution is -2.18. The molecule has 2 N–H and O–H groups in total. The number of benzene rings is 1. The fraction of sp³-hybridized carbons (Fsp3) is 0.214. The fourth-order valence-corrected chi connectivity index (χ4v) is 1.74. The average Bonchev–Trinajstić information content (AvgIpc) is 2.89. The monoisotopic (exact) mass is 281 g/mol. The van der Waals surface area contributed by atoms with Crippen LogP contribution in [0.4, 0.5) is 8.78 Å². The number of carboxylic acid groups (broad SMARTS) is 1. The molecular weight excluding hydrogens is 268 g/mol. The molecule has 0 radical (unpaired) electrons. The molecule has 0 aliphatic heterocycles. The van der Waals surface area contributed by atoms with Crippen molar-refractivity contribution in [3.63, 3.8) is 0 Å². The van der Waals surface area contributed by atoms with Crippen molar-refractivity contribution in [2.24, 2.45) is 0 Å². The first-order valence-electron chi connectivity index (χ1n) is 5.97. The molecule has 0 aliphatic rings. The number of rotatable bonds is 5. The van der Waals surface area contributed by atoms with Gasteiger partial charge in [-0.3, -0.25) is 0 Å². The van der Waals surface area contributed by atoms with Crippen molar-refractivity contribution >= 4 is 5.97 Å². The summed E-state index contributed by atoms with van der Waals surface area (Å²) < 4.78 is 31.6. The lowest BCUT2D eigenvalue weighted by Gasteiger charge is -2.11. The molecule has 0 saturated heterocycles. The molecule has 2 aromatic rings. The maximum Gasteiger partial charge on any atom is 0.371 e. The fourth-order valence-electron chi connectivity index (χ4n) is 1.74. The van der Waals surface area contributed by atoms with Gasteiger partial charge in [-0.1, -0.05) is 0 Å². The number of aromatic carboxylic acids is 1. The Kier molecular flexibility index (Phi) is 4.14. The van der Waals surface area contributed by atoms with Crippen LogP contribution in [0.1, 0.15) is 34.8 Å². The van der Waals surface area contributed by atoms with Crippen LogP contribution < -0.4 is 5.32 Å². The second-order valence-electron chi connectivity index (χ2n) is 4.35. The normalized spacial score (nSPS) is 12.3. The summed E-state index contributed by atoms with van der Waals surface area (Å²) in [7, 11) is 0. The Morgan fingerprint density at radius 1 is 1.35 bits per heavy atom. The standard InChI is InChI=1S/C14H13F2NO3/c1-8(12-4-5-13(20-12)14(18)19)17-7-9-6-10(15)2-3-11(9)16/h2-6,8,17H,7H2,1H3,(H,18,19). The van der Waals surface area contributed by atoms with Gasteiger partial charge in [-0.15, -0.1) is 0 Å². The van der Waals surface area contributed by atoms with Crippen molar-refractivity contribution in [3.05, 3.63) is 59.1 Å². The predicted octanol–water partition coefficient (Wildman–Crippen LogP) is 3.11. The summed E-state index contributed by atoms with van der Waals surface area (Å²) >= 11 is 0. The van der Waals surface area contributed by atoms with Crippen LogP contribution in [0, 0.1) is 11.6 Å². The van der Waals surface area contributed by atoms with Gasteiger partial charge in [0.15, 0.2) is 0 Å².